The molecule has 0 aromatic rings. The zero-order valence-corrected chi connectivity index (χ0v) is 14.3. The van der Waals surface area contributed by atoms with E-state index in [2.05, 4.69) is 5.32 Å². The summed E-state index contributed by atoms with van der Waals surface area (Å²) in [7, 11) is 0. The van der Waals surface area contributed by atoms with E-state index in [1.807, 2.05) is 0 Å². The molecular formula is C17H24FNO5. The normalized spacial score (nSPS) is 33.1. The molecule has 134 valence electrons. The van der Waals surface area contributed by atoms with Crippen LogP contribution >= 0.6 is 0 Å². The first-order chi connectivity index (χ1) is 11.1. The number of nitrogens with one attached hydrogen (secondary N) is 1. The molecule has 4 atom stereocenters. The van der Waals surface area contributed by atoms with E-state index in [-0.39, 0.29) is 55.6 Å². The van der Waals surface area contributed by atoms with Crippen molar-refractivity contribution in [1.82, 2.24) is 5.32 Å². The fourth-order valence-corrected chi connectivity index (χ4v) is 3.92. The van der Waals surface area contributed by atoms with Crippen LogP contribution in [0.4, 0.5) is 4.39 Å². The Labute approximate surface area is 140 Å². The van der Waals surface area contributed by atoms with Gasteiger partial charge in [0.05, 0.1) is 5.92 Å². The maximum atomic E-state index is 14.5. The van der Waals surface area contributed by atoms with E-state index in [1.54, 1.807) is 6.92 Å². The van der Waals surface area contributed by atoms with Gasteiger partial charge >= 0.3 is 5.97 Å². The Morgan fingerprint density at radius 2 is 1.88 bits per heavy atom. The van der Waals surface area contributed by atoms with Crippen molar-refractivity contribution in [3.63, 3.8) is 0 Å². The van der Waals surface area contributed by atoms with Crippen molar-refractivity contribution in [3.05, 3.63) is 0 Å². The zero-order chi connectivity index (χ0) is 18.1. The number of ether oxygens (including phenoxy) is 1. The lowest BCUT2D eigenvalue weighted by Crippen LogP contribution is -2.47. The van der Waals surface area contributed by atoms with E-state index >= 15 is 0 Å². The number of rotatable bonds is 4. The summed E-state index contributed by atoms with van der Waals surface area (Å²) < 4.78 is 19.8. The largest absolute Gasteiger partial charge is 0.462 e. The van der Waals surface area contributed by atoms with Gasteiger partial charge in [-0.3, -0.25) is 24.5 Å². The first-order valence-corrected chi connectivity index (χ1v) is 8.30. The molecule has 1 saturated carbocycles. The fourth-order valence-electron chi connectivity index (χ4n) is 3.92. The van der Waals surface area contributed by atoms with Crippen LogP contribution in [0.5, 0.6) is 0 Å². The van der Waals surface area contributed by atoms with Gasteiger partial charge in [-0.1, -0.05) is 6.92 Å². The quantitative estimate of drug-likeness (QED) is 0.621. The minimum absolute atomic E-state index is 0.0129. The van der Waals surface area contributed by atoms with Crippen LogP contribution in [0, 0.1) is 17.8 Å². The van der Waals surface area contributed by atoms with Gasteiger partial charge in [0.15, 0.2) is 0 Å². The number of amides is 2. The number of esters is 1. The summed E-state index contributed by atoms with van der Waals surface area (Å²) in [5.74, 6) is -2.94. The van der Waals surface area contributed by atoms with Crippen molar-refractivity contribution < 1.29 is 28.3 Å². The second-order valence-electron chi connectivity index (χ2n) is 7.36. The van der Waals surface area contributed by atoms with Crippen LogP contribution in [0.2, 0.25) is 0 Å². The minimum atomic E-state index is -1.50. The van der Waals surface area contributed by atoms with E-state index in [0.717, 1.165) is 0 Å². The Kier molecular flexibility index (Phi) is 5.40. The number of carbonyl (C=O) groups is 4. The zero-order valence-electron chi connectivity index (χ0n) is 14.3. The number of Topliss-reactive ketones (excluding diaryl/α,β-unsaturated/α-hetero) is 1. The third-order valence-electron chi connectivity index (χ3n) is 4.79. The molecule has 0 aromatic heterocycles. The SMILES string of the molecule is CC(=O)O[C@H](CC1CC(=O)NC(=O)C1)[C@@H]1CC(C)(F)C[C@H](C)C1=O. The molecule has 1 aliphatic heterocycles. The van der Waals surface area contributed by atoms with Crippen LogP contribution in [-0.4, -0.2) is 35.3 Å². The molecule has 0 radical (unpaired) electrons. The molecular weight excluding hydrogens is 317 g/mol. The molecule has 2 amide bonds. The van der Waals surface area contributed by atoms with Gasteiger partial charge in [0.2, 0.25) is 11.8 Å². The van der Waals surface area contributed by atoms with Crippen molar-refractivity contribution in [1.29, 1.82) is 0 Å². The first kappa shape index (κ1) is 18.5. The molecule has 7 heteroatoms. The number of alkyl halides is 1. The second kappa shape index (κ2) is 6.99. The molecule has 1 unspecified atom stereocenters. The van der Waals surface area contributed by atoms with Crippen molar-refractivity contribution in [2.24, 2.45) is 17.8 Å². The van der Waals surface area contributed by atoms with E-state index in [9.17, 15) is 23.6 Å². The molecule has 24 heavy (non-hydrogen) atoms. The Balaban J connectivity index is 2.17. The van der Waals surface area contributed by atoms with E-state index in [1.165, 1.54) is 13.8 Å². The lowest BCUT2D eigenvalue weighted by atomic mass is 9.70. The van der Waals surface area contributed by atoms with Gasteiger partial charge in [0.1, 0.15) is 17.6 Å². The highest BCUT2D eigenvalue weighted by Crippen LogP contribution is 2.40. The van der Waals surface area contributed by atoms with Crippen LogP contribution in [0.25, 0.3) is 0 Å². The third-order valence-corrected chi connectivity index (χ3v) is 4.79. The van der Waals surface area contributed by atoms with Gasteiger partial charge in [-0.15, -0.1) is 0 Å². The molecule has 1 N–H and O–H groups in total. The van der Waals surface area contributed by atoms with Crippen LogP contribution in [0.15, 0.2) is 0 Å². The number of imide groups is 1. The van der Waals surface area contributed by atoms with Crippen LogP contribution in [0.1, 0.15) is 52.9 Å². The smallest absolute Gasteiger partial charge is 0.302 e. The highest BCUT2D eigenvalue weighted by Gasteiger charge is 2.46. The van der Waals surface area contributed by atoms with E-state index in [4.69, 9.17) is 4.74 Å². The summed E-state index contributed by atoms with van der Waals surface area (Å²) in [6.45, 7) is 4.36. The number of halogens is 1. The van der Waals surface area contributed by atoms with Crippen LogP contribution < -0.4 is 5.32 Å². The summed E-state index contributed by atoms with van der Waals surface area (Å²) >= 11 is 0. The van der Waals surface area contributed by atoms with Gasteiger partial charge < -0.3 is 4.74 Å². The molecule has 6 nitrogen and oxygen atoms in total. The Bertz CT molecular complexity index is 543. The standard InChI is InChI=1S/C17H24FNO5/c1-9-7-17(3,18)8-12(16(9)23)13(24-10(2)20)4-11-5-14(21)19-15(22)6-11/h9,11-13H,4-8H2,1-3H3,(H,19,21,22)/t9-,12-,13+,17?/m0/s1. The maximum Gasteiger partial charge on any atom is 0.302 e. The van der Waals surface area contributed by atoms with Crippen LogP contribution in [0.3, 0.4) is 0 Å². The Morgan fingerprint density at radius 1 is 1.29 bits per heavy atom. The molecule has 0 aromatic carbocycles. The Hall–Kier alpha value is -1.79. The molecule has 2 aliphatic rings. The topological polar surface area (TPSA) is 89.5 Å². The predicted octanol–water partition coefficient (Wildman–Crippen LogP) is 1.70. The van der Waals surface area contributed by atoms with Crippen molar-refractivity contribution in [2.45, 2.75) is 64.6 Å². The minimum Gasteiger partial charge on any atom is -0.462 e. The summed E-state index contributed by atoms with van der Waals surface area (Å²) in [6, 6.07) is 0. The second-order valence-corrected chi connectivity index (χ2v) is 7.36. The molecule has 0 bridgehead atoms. The lowest BCUT2D eigenvalue weighted by Gasteiger charge is -2.39. The molecule has 2 rings (SSSR count). The van der Waals surface area contributed by atoms with Crippen molar-refractivity contribution in [2.75, 3.05) is 0 Å². The maximum absolute atomic E-state index is 14.5. The summed E-state index contributed by atoms with van der Waals surface area (Å²) in [5.41, 5.74) is -1.50. The number of hydrogen-bond donors (Lipinski definition) is 1. The fraction of sp³-hybridized carbons (Fsp3) is 0.765. The highest BCUT2D eigenvalue weighted by atomic mass is 19.1. The van der Waals surface area contributed by atoms with Crippen molar-refractivity contribution >= 4 is 23.6 Å². The third kappa shape index (κ3) is 4.61. The molecule has 1 saturated heterocycles. The molecule has 0 spiro atoms. The Morgan fingerprint density at radius 3 is 2.42 bits per heavy atom. The van der Waals surface area contributed by atoms with Gasteiger partial charge in [-0.05, 0) is 32.1 Å². The van der Waals surface area contributed by atoms with Gasteiger partial charge in [-0.25, -0.2) is 4.39 Å². The number of carbonyl (C=O) groups excluding carboxylic acids is 4. The number of piperidine rings is 1. The van der Waals surface area contributed by atoms with E-state index < -0.39 is 29.6 Å². The van der Waals surface area contributed by atoms with Gasteiger partial charge in [0.25, 0.3) is 0 Å². The summed E-state index contributed by atoms with van der Waals surface area (Å²) in [4.78, 5) is 47.0. The monoisotopic (exact) mass is 341 g/mol. The van der Waals surface area contributed by atoms with E-state index in [0.29, 0.717) is 0 Å². The van der Waals surface area contributed by atoms with Crippen LogP contribution in [-0.2, 0) is 23.9 Å². The van der Waals surface area contributed by atoms with Gasteiger partial charge in [-0.2, -0.15) is 0 Å². The average Bonchev–Trinajstić information content (AvgIpc) is 2.40. The van der Waals surface area contributed by atoms with Crippen molar-refractivity contribution in [3.8, 4) is 0 Å². The number of hydrogen-bond acceptors (Lipinski definition) is 5. The molecule has 1 heterocycles. The summed E-state index contributed by atoms with van der Waals surface area (Å²) in [6.07, 6.45) is -0.200. The predicted molar refractivity (Wildman–Crippen MR) is 82.5 cm³/mol. The highest BCUT2D eigenvalue weighted by molar-refractivity contribution is 5.97. The molecule has 2 fully saturated rings. The molecule has 1 aliphatic carbocycles. The first-order valence-electron chi connectivity index (χ1n) is 8.30. The summed E-state index contributed by atoms with van der Waals surface area (Å²) in [5, 5.41) is 2.22. The number of ketones is 1. The van der Waals surface area contributed by atoms with Gasteiger partial charge in [0, 0.05) is 25.7 Å². The average molecular weight is 341 g/mol. The lowest BCUT2D eigenvalue weighted by molar-refractivity contribution is -0.157.